The maximum absolute atomic E-state index is 12.0. The number of hydrogen-bond acceptors (Lipinski definition) is 3. The highest BCUT2D eigenvalue weighted by Crippen LogP contribution is 2.26. The monoisotopic (exact) mass is 281 g/mol. The van der Waals surface area contributed by atoms with Crippen molar-refractivity contribution in [1.82, 2.24) is 4.72 Å². The molecule has 18 heavy (non-hydrogen) atoms. The van der Waals surface area contributed by atoms with Crippen molar-refractivity contribution in [2.45, 2.75) is 30.1 Å². The van der Waals surface area contributed by atoms with Crippen LogP contribution in [0.25, 0.3) is 0 Å². The average molecular weight is 281 g/mol. The van der Waals surface area contributed by atoms with Crippen LogP contribution >= 0.6 is 0 Å². The first kappa shape index (κ1) is 13.2. The highest BCUT2D eigenvalue weighted by Gasteiger charge is 2.32. The van der Waals surface area contributed by atoms with Crippen LogP contribution in [0.15, 0.2) is 29.2 Å². The Hall–Kier alpha value is -1.28. The van der Waals surface area contributed by atoms with Crippen molar-refractivity contribution < 1.29 is 26.3 Å². The van der Waals surface area contributed by atoms with Gasteiger partial charge >= 0.3 is 6.36 Å². The van der Waals surface area contributed by atoms with Crippen molar-refractivity contribution in [3.63, 3.8) is 0 Å². The lowest BCUT2D eigenvalue weighted by Gasteiger charge is -2.10. The van der Waals surface area contributed by atoms with E-state index in [1.807, 2.05) is 0 Å². The zero-order chi connectivity index (χ0) is 13.4. The van der Waals surface area contributed by atoms with Crippen LogP contribution in [-0.4, -0.2) is 20.8 Å². The molecule has 100 valence electrons. The van der Waals surface area contributed by atoms with E-state index in [1.165, 1.54) is 12.1 Å². The number of sulfonamides is 1. The number of rotatable bonds is 4. The molecule has 1 saturated carbocycles. The average Bonchev–Trinajstić information content (AvgIpc) is 2.98. The predicted molar refractivity (Wildman–Crippen MR) is 56.5 cm³/mol. The van der Waals surface area contributed by atoms with Crippen molar-refractivity contribution in [1.29, 1.82) is 0 Å². The summed E-state index contributed by atoms with van der Waals surface area (Å²) in [6, 6.07) is 4.19. The van der Waals surface area contributed by atoms with E-state index in [1.54, 1.807) is 0 Å². The third-order valence-electron chi connectivity index (χ3n) is 2.25. The topological polar surface area (TPSA) is 55.4 Å². The van der Waals surface area contributed by atoms with Crippen molar-refractivity contribution in [3.05, 3.63) is 24.3 Å². The molecule has 8 heteroatoms. The molecule has 2 rings (SSSR count). The molecule has 0 spiro atoms. The summed E-state index contributed by atoms with van der Waals surface area (Å²) in [5, 5.41) is 0. The molecule has 0 radical (unpaired) electrons. The normalized spacial score (nSPS) is 16.6. The van der Waals surface area contributed by atoms with E-state index in [0.717, 1.165) is 25.0 Å². The van der Waals surface area contributed by atoms with Crippen LogP contribution in [-0.2, 0) is 10.0 Å². The highest BCUT2D eigenvalue weighted by atomic mass is 32.2. The predicted octanol–water partition coefficient (Wildman–Crippen LogP) is 2.03. The Labute approximate surface area is 102 Å². The maximum atomic E-state index is 12.0. The van der Waals surface area contributed by atoms with Gasteiger partial charge < -0.3 is 4.74 Å². The Balaban J connectivity index is 2.20. The molecular weight excluding hydrogens is 271 g/mol. The van der Waals surface area contributed by atoms with Crippen LogP contribution < -0.4 is 9.46 Å². The molecule has 0 aromatic heterocycles. The Morgan fingerprint density at radius 2 is 1.94 bits per heavy atom. The van der Waals surface area contributed by atoms with Crippen LogP contribution in [0, 0.1) is 0 Å². The fraction of sp³-hybridized carbons (Fsp3) is 0.400. The van der Waals surface area contributed by atoms with E-state index in [2.05, 4.69) is 9.46 Å². The molecule has 0 unspecified atom stereocenters. The minimum Gasteiger partial charge on any atom is -0.406 e. The van der Waals surface area contributed by atoms with Crippen LogP contribution in [0.4, 0.5) is 13.2 Å². The van der Waals surface area contributed by atoms with E-state index >= 15 is 0 Å². The smallest absolute Gasteiger partial charge is 0.406 e. The van der Waals surface area contributed by atoms with E-state index < -0.39 is 22.1 Å². The first-order valence-corrected chi connectivity index (χ1v) is 6.63. The largest absolute Gasteiger partial charge is 0.573 e. The Bertz CT molecular complexity index is 538. The second-order valence-electron chi connectivity index (χ2n) is 3.92. The van der Waals surface area contributed by atoms with Crippen molar-refractivity contribution in [3.8, 4) is 5.75 Å². The summed E-state index contributed by atoms with van der Waals surface area (Å²) in [4.78, 5) is -0.240. The number of halogens is 3. The van der Waals surface area contributed by atoms with Gasteiger partial charge in [0.15, 0.2) is 0 Å². The first-order valence-electron chi connectivity index (χ1n) is 5.14. The van der Waals surface area contributed by atoms with Crippen LogP contribution in [0.3, 0.4) is 0 Å². The minimum atomic E-state index is -4.84. The SMILES string of the molecule is O=S(=O)(NC1CC1)c1cccc(OC(F)(F)F)c1. The third kappa shape index (κ3) is 3.61. The number of ether oxygens (including phenoxy) is 1. The van der Waals surface area contributed by atoms with Gasteiger partial charge in [0.1, 0.15) is 5.75 Å². The van der Waals surface area contributed by atoms with Crippen molar-refractivity contribution >= 4 is 10.0 Å². The number of hydrogen-bond donors (Lipinski definition) is 1. The maximum Gasteiger partial charge on any atom is 0.573 e. The number of nitrogens with one attached hydrogen (secondary N) is 1. The van der Waals surface area contributed by atoms with Gasteiger partial charge in [-0.1, -0.05) is 6.07 Å². The molecule has 0 bridgehead atoms. The zero-order valence-electron chi connectivity index (χ0n) is 9.07. The molecule has 1 N–H and O–H groups in total. The Morgan fingerprint density at radius 3 is 2.50 bits per heavy atom. The van der Waals surface area contributed by atoms with Gasteiger partial charge in [0.05, 0.1) is 4.90 Å². The van der Waals surface area contributed by atoms with Gasteiger partial charge in [0.25, 0.3) is 0 Å². The first-order chi connectivity index (χ1) is 8.26. The second-order valence-corrected chi connectivity index (χ2v) is 5.63. The van der Waals surface area contributed by atoms with E-state index in [-0.39, 0.29) is 10.9 Å². The lowest BCUT2D eigenvalue weighted by atomic mass is 10.3. The van der Waals surface area contributed by atoms with Gasteiger partial charge in [-0.2, -0.15) is 0 Å². The summed E-state index contributed by atoms with van der Waals surface area (Å²) in [5.74, 6) is -0.554. The quantitative estimate of drug-likeness (QED) is 0.918. The van der Waals surface area contributed by atoms with Gasteiger partial charge in [-0.15, -0.1) is 13.2 Å². The van der Waals surface area contributed by atoms with Gasteiger partial charge in [0, 0.05) is 12.1 Å². The molecule has 0 heterocycles. The van der Waals surface area contributed by atoms with Crippen LogP contribution in [0.1, 0.15) is 12.8 Å². The summed E-state index contributed by atoms with van der Waals surface area (Å²) < 4.78 is 65.6. The summed E-state index contributed by atoms with van der Waals surface area (Å²) in [7, 11) is -3.77. The fourth-order valence-corrected chi connectivity index (χ4v) is 2.67. The zero-order valence-corrected chi connectivity index (χ0v) is 9.88. The van der Waals surface area contributed by atoms with Gasteiger partial charge in [-0.3, -0.25) is 0 Å². The Morgan fingerprint density at radius 1 is 1.28 bits per heavy atom. The second kappa shape index (κ2) is 4.43. The number of alkyl halides is 3. The van der Waals surface area contributed by atoms with Crippen molar-refractivity contribution in [2.24, 2.45) is 0 Å². The van der Waals surface area contributed by atoms with Crippen LogP contribution in [0.2, 0.25) is 0 Å². The number of benzene rings is 1. The molecule has 4 nitrogen and oxygen atoms in total. The third-order valence-corrected chi connectivity index (χ3v) is 3.77. The molecule has 0 atom stereocenters. The lowest BCUT2D eigenvalue weighted by Crippen LogP contribution is -2.25. The van der Waals surface area contributed by atoms with Crippen molar-refractivity contribution in [2.75, 3.05) is 0 Å². The molecule has 0 aliphatic heterocycles. The molecular formula is C10H10F3NO3S. The standard InChI is InChI=1S/C10H10F3NO3S/c11-10(12,13)17-8-2-1-3-9(6-8)18(15,16)14-7-4-5-7/h1-3,6-7,14H,4-5H2. The summed E-state index contributed by atoms with van der Waals surface area (Å²) in [6.07, 6.45) is -3.34. The van der Waals surface area contributed by atoms with Gasteiger partial charge in [0.2, 0.25) is 10.0 Å². The van der Waals surface area contributed by atoms with E-state index in [4.69, 9.17) is 0 Å². The minimum absolute atomic E-state index is 0.109. The van der Waals surface area contributed by atoms with Gasteiger partial charge in [-0.25, -0.2) is 13.1 Å². The summed E-state index contributed by atoms with van der Waals surface area (Å²) in [5.41, 5.74) is 0. The lowest BCUT2D eigenvalue weighted by molar-refractivity contribution is -0.274. The fourth-order valence-electron chi connectivity index (χ4n) is 1.33. The van der Waals surface area contributed by atoms with Gasteiger partial charge in [-0.05, 0) is 25.0 Å². The molecule has 1 aliphatic carbocycles. The molecule has 1 aromatic carbocycles. The molecule has 0 amide bonds. The summed E-state index contributed by atoms with van der Waals surface area (Å²) in [6.45, 7) is 0. The molecule has 1 fully saturated rings. The van der Waals surface area contributed by atoms with E-state index in [0.29, 0.717) is 0 Å². The Kier molecular flexibility index (Phi) is 3.24. The highest BCUT2D eigenvalue weighted by molar-refractivity contribution is 7.89. The molecule has 1 aromatic rings. The molecule has 0 saturated heterocycles. The molecule has 1 aliphatic rings. The van der Waals surface area contributed by atoms with E-state index in [9.17, 15) is 21.6 Å². The van der Waals surface area contributed by atoms with Crippen LogP contribution in [0.5, 0.6) is 5.75 Å². The summed E-state index contributed by atoms with van der Waals surface area (Å²) >= 11 is 0.